The maximum absolute atomic E-state index is 2.45. The molecule has 1 nitrogen and oxygen atoms in total. The van der Waals surface area contributed by atoms with E-state index in [0.717, 1.165) is 5.69 Å². The smallest absolute Gasteiger partial charge is 0.0468 e. The van der Waals surface area contributed by atoms with Crippen LogP contribution in [0.3, 0.4) is 0 Å². The Morgan fingerprint density at radius 3 is 1.47 bits per heavy atom. The molecule has 0 N–H and O–H groups in total. The Labute approximate surface area is 265 Å². The summed E-state index contributed by atoms with van der Waals surface area (Å²) in [6.07, 6.45) is 0. The molecule has 0 radical (unpaired) electrons. The van der Waals surface area contributed by atoms with Crippen LogP contribution in [0.5, 0.6) is 0 Å². The summed E-state index contributed by atoms with van der Waals surface area (Å²) in [6.45, 7) is 9.43. The summed E-state index contributed by atoms with van der Waals surface area (Å²) in [5, 5.41) is 5.09. The van der Waals surface area contributed by atoms with E-state index < -0.39 is 0 Å². The topological polar surface area (TPSA) is 3.24 Å². The van der Waals surface area contributed by atoms with E-state index in [0.29, 0.717) is 0 Å². The van der Waals surface area contributed by atoms with Crippen LogP contribution in [0.1, 0.15) is 49.9 Å². The fourth-order valence-corrected chi connectivity index (χ4v) is 8.17. The van der Waals surface area contributed by atoms with Crippen molar-refractivity contribution in [2.24, 2.45) is 0 Å². The Hall–Kier alpha value is -5.14. The molecule has 45 heavy (non-hydrogen) atoms. The monoisotopic (exact) mass is 577 g/mol. The fraction of sp³-hybridized carbons (Fsp3) is 0.136. The zero-order valence-electron chi connectivity index (χ0n) is 26.2. The number of anilines is 3. The summed E-state index contributed by atoms with van der Waals surface area (Å²) in [5.74, 6) is 0. The predicted molar refractivity (Wildman–Crippen MR) is 191 cm³/mol. The average molecular weight is 578 g/mol. The van der Waals surface area contributed by atoms with Crippen LogP contribution < -0.4 is 4.90 Å². The lowest BCUT2D eigenvalue weighted by Crippen LogP contribution is -2.16. The van der Waals surface area contributed by atoms with E-state index in [4.69, 9.17) is 0 Å². The zero-order valence-corrected chi connectivity index (χ0v) is 26.2. The fourth-order valence-electron chi connectivity index (χ4n) is 8.17. The third kappa shape index (κ3) is 3.74. The van der Waals surface area contributed by atoms with Crippen molar-refractivity contribution in [2.75, 3.05) is 4.90 Å². The molecular weight excluding hydrogens is 542 g/mol. The summed E-state index contributed by atoms with van der Waals surface area (Å²) >= 11 is 0. The summed E-state index contributed by atoms with van der Waals surface area (Å²) in [5.41, 5.74) is 14.4. The van der Waals surface area contributed by atoms with E-state index in [1.807, 2.05) is 0 Å². The SMILES string of the molecule is CC1(C)c2ccccc2-c2cc(N(c3ccc4c(c3)-c3cc5ccccc5cc3C4(C)C)c3ccc4ccccc4c3)ccc21. The molecule has 2 aliphatic rings. The van der Waals surface area contributed by atoms with Crippen molar-refractivity contribution >= 4 is 38.6 Å². The minimum atomic E-state index is -0.0656. The predicted octanol–water partition coefficient (Wildman–Crippen LogP) is 12.1. The maximum atomic E-state index is 2.45. The van der Waals surface area contributed by atoms with Crippen LogP contribution in [0.25, 0.3) is 43.8 Å². The highest BCUT2D eigenvalue weighted by Gasteiger charge is 2.37. The van der Waals surface area contributed by atoms with E-state index >= 15 is 0 Å². The Kier molecular flexibility index (Phi) is 5.37. The molecule has 9 rings (SSSR count). The van der Waals surface area contributed by atoms with Gasteiger partial charge in [-0.25, -0.2) is 0 Å². The third-order valence-corrected chi connectivity index (χ3v) is 10.6. The minimum absolute atomic E-state index is 0.0239. The van der Waals surface area contributed by atoms with E-state index in [1.165, 1.54) is 77.4 Å². The van der Waals surface area contributed by atoms with E-state index in [-0.39, 0.29) is 10.8 Å². The second-order valence-electron chi connectivity index (χ2n) is 13.9. The second kappa shape index (κ2) is 9.19. The number of fused-ring (bicyclic) bond motifs is 8. The lowest BCUT2D eigenvalue weighted by atomic mass is 9.82. The molecule has 0 atom stereocenters. The van der Waals surface area contributed by atoms with Gasteiger partial charge in [0.05, 0.1) is 0 Å². The molecule has 7 aromatic carbocycles. The zero-order chi connectivity index (χ0) is 30.5. The van der Waals surface area contributed by atoms with Gasteiger partial charge in [0.15, 0.2) is 0 Å². The van der Waals surface area contributed by atoms with Crippen molar-refractivity contribution in [3.8, 4) is 22.3 Å². The van der Waals surface area contributed by atoms with Gasteiger partial charge >= 0.3 is 0 Å². The van der Waals surface area contributed by atoms with Gasteiger partial charge in [0.2, 0.25) is 0 Å². The van der Waals surface area contributed by atoms with Gasteiger partial charge in [0, 0.05) is 27.9 Å². The van der Waals surface area contributed by atoms with Gasteiger partial charge in [0.25, 0.3) is 0 Å². The van der Waals surface area contributed by atoms with Gasteiger partial charge in [-0.15, -0.1) is 0 Å². The number of hydrogen-bond acceptors (Lipinski definition) is 1. The average Bonchev–Trinajstić information content (AvgIpc) is 3.42. The number of benzene rings is 7. The van der Waals surface area contributed by atoms with Crippen molar-refractivity contribution in [1.29, 1.82) is 0 Å². The van der Waals surface area contributed by atoms with Crippen molar-refractivity contribution in [2.45, 2.75) is 38.5 Å². The van der Waals surface area contributed by atoms with Crippen LogP contribution in [0.4, 0.5) is 17.1 Å². The molecule has 2 aliphatic carbocycles. The van der Waals surface area contributed by atoms with Crippen molar-refractivity contribution in [3.05, 3.63) is 162 Å². The first-order chi connectivity index (χ1) is 21.8. The Morgan fingerprint density at radius 2 is 0.778 bits per heavy atom. The molecular formula is C44H35N. The van der Waals surface area contributed by atoms with Gasteiger partial charge in [-0.2, -0.15) is 0 Å². The Bertz CT molecular complexity index is 2340. The van der Waals surface area contributed by atoms with Crippen LogP contribution in [0.2, 0.25) is 0 Å². The van der Waals surface area contributed by atoms with Gasteiger partial charge < -0.3 is 4.90 Å². The minimum Gasteiger partial charge on any atom is -0.310 e. The van der Waals surface area contributed by atoms with Crippen LogP contribution in [-0.4, -0.2) is 0 Å². The van der Waals surface area contributed by atoms with Gasteiger partial charge in [0.1, 0.15) is 0 Å². The van der Waals surface area contributed by atoms with E-state index in [2.05, 4.69) is 172 Å². The van der Waals surface area contributed by atoms with Crippen LogP contribution >= 0.6 is 0 Å². The van der Waals surface area contributed by atoms with Crippen molar-refractivity contribution in [3.63, 3.8) is 0 Å². The lowest BCUT2D eigenvalue weighted by Gasteiger charge is -2.28. The molecule has 0 bridgehead atoms. The first-order valence-corrected chi connectivity index (χ1v) is 16.0. The van der Waals surface area contributed by atoms with Gasteiger partial charge in [-0.05, 0) is 115 Å². The molecule has 7 aromatic rings. The summed E-state index contributed by atoms with van der Waals surface area (Å²) < 4.78 is 0. The molecule has 0 unspecified atom stereocenters. The quantitative estimate of drug-likeness (QED) is 0.202. The molecule has 0 amide bonds. The third-order valence-electron chi connectivity index (χ3n) is 10.6. The molecule has 0 spiro atoms. The standard InChI is InChI=1S/C44H35N/c1-43(2)39-16-10-9-15-35(39)37-26-33(19-21-40(37)43)45(32-18-17-28-11-5-6-12-29(28)23-32)34-20-22-41-38(27-34)36-24-30-13-7-8-14-31(30)25-42(36)44(41,3)4/h5-27H,1-4H3. The maximum Gasteiger partial charge on any atom is 0.0468 e. The lowest BCUT2D eigenvalue weighted by molar-refractivity contribution is 0.660. The normalized spacial score (nSPS) is 15.0. The highest BCUT2D eigenvalue weighted by Crippen LogP contribution is 2.53. The molecule has 216 valence electrons. The van der Waals surface area contributed by atoms with E-state index in [9.17, 15) is 0 Å². The first-order valence-electron chi connectivity index (χ1n) is 16.0. The summed E-state index contributed by atoms with van der Waals surface area (Å²) in [7, 11) is 0. The highest BCUT2D eigenvalue weighted by atomic mass is 15.1. The summed E-state index contributed by atoms with van der Waals surface area (Å²) in [4.78, 5) is 2.45. The molecule has 0 saturated heterocycles. The Morgan fingerprint density at radius 1 is 0.333 bits per heavy atom. The van der Waals surface area contributed by atoms with Crippen LogP contribution in [0.15, 0.2) is 140 Å². The highest BCUT2D eigenvalue weighted by molar-refractivity contribution is 5.96. The van der Waals surface area contributed by atoms with Gasteiger partial charge in [-0.1, -0.05) is 119 Å². The molecule has 0 aliphatic heterocycles. The van der Waals surface area contributed by atoms with Crippen LogP contribution in [-0.2, 0) is 10.8 Å². The number of nitrogens with zero attached hydrogens (tertiary/aromatic N) is 1. The Balaban J connectivity index is 1.27. The molecule has 0 heterocycles. The van der Waals surface area contributed by atoms with Crippen molar-refractivity contribution in [1.82, 2.24) is 0 Å². The molecule has 0 aromatic heterocycles. The molecule has 0 fully saturated rings. The second-order valence-corrected chi connectivity index (χ2v) is 13.9. The molecule has 1 heteroatoms. The van der Waals surface area contributed by atoms with E-state index in [1.54, 1.807) is 0 Å². The summed E-state index contributed by atoms with van der Waals surface area (Å²) in [6, 6.07) is 52.2. The molecule has 0 saturated carbocycles. The van der Waals surface area contributed by atoms with Gasteiger partial charge in [-0.3, -0.25) is 0 Å². The largest absolute Gasteiger partial charge is 0.310 e. The first kappa shape index (κ1) is 26.3. The number of rotatable bonds is 3. The van der Waals surface area contributed by atoms with Crippen LogP contribution in [0, 0.1) is 0 Å². The number of hydrogen-bond donors (Lipinski definition) is 0. The van der Waals surface area contributed by atoms with Crippen molar-refractivity contribution < 1.29 is 0 Å².